The first-order chi connectivity index (χ1) is 9.59. The molecule has 0 spiro atoms. The number of nitrogens with two attached hydrogens (primary N) is 1. The Morgan fingerprint density at radius 3 is 2.65 bits per heavy atom. The highest BCUT2D eigenvalue weighted by Crippen LogP contribution is 2.32. The number of fused-ring (bicyclic) bond motifs is 1. The van der Waals surface area contributed by atoms with Gasteiger partial charge in [-0.15, -0.1) is 0 Å². The van der Waals surface area contributed by atoms with Crippen LogP contribution in [-0.4, -0.2) is 45.6 Å². The summed E-state index contributed by atoms with van der Waals surface area (Å²) in [5.41, 5.74) is 8.23. The molecule has 2 aliphatic rings. The number of hydrogen-bond acceptors (Lipinski definition) is 4. The molecule has 0 atom stereocenters. The summed E-state index contributed by atoms with van der Waals surface area (Å²) in [5.74, 6) is 0. The van der Waals surface area contributed by atoms with E-state index in [0.717, 1.165) is 24.1 Å². The van der Waals surface area contributed by atoms with Crippen molar-refractivity contribution in [2.45, 2.75) is 12.8 Å². The van der Waals surface area contributed by atoms with E-state index in [2.05, 4.69) is 0 Å². The molecule has 7 heteroatoms. The summed E-state index contributed by atoms with van der Waals surface area (Å²) in [4.78, 5) is 0. The molecule has 0 unspecified atom stereocenters. The monoisotopic (exact) mass is 297 g/mol. The molecular formula is C13H19N3O3S. The molecule has 2 aliphatic heterocycles. The van der Waals surface area contributed by atoms with Gasteiger partial charge in [-0.25, -0.2) is 0 Å². The van der Waals surface area contributed by atoms with Gasteiger partial charge >= 0.3 is 10.2 Å². The molecule has 2 N–H and O–H groups in total. The number of morpholine rings is 1. The van der Waals surface area contributed by atoms with Crippen LogP contribution in [0.25, 0.3) is 0 Å². The first-order valence-electron chi connectivity index (χ1n) is 6.83. The van der Waals surface area contributed by atoms with Crippen molar-refractivity contribution in [3.63, 3.8) is 0 Å². The summed E-state index contributed by atoms with van der Waals surface area (Å²) in [6.45, 7) is 2.28. The third kappa shape index (κ3) is 2.36. The van der Waals surface area contributed by atoms with Crippen molar-refractivity contribution >= 4 is 21.6 Å². The zero-order valence-corrected chi connectivity index (χ0v) is 12.1. The van der Waals surface area contributed by atoms with Crippen molar-refractivity contribution in [1.29, 1.82) is 0 Å². The van der Waals surface area contributed by atoms with Crippen molar-refractivity contribution in [1.82, 2.24) is 4.31 Å². The van der Waals surface area contributed by atoms with Crippen LogP contribution in [0.5, 0.6) is 0 Å². The fraction of sp³-hybridized carbons (Fsp3) is 0.538. The Hall–Kier alpha value is -1.31. The molecule has 3 rings (SSSR count). The number of benzene rings is 1. The summed E-state index contributed by atoms with van der Waals surface area (Å²) < 4.78 is 33.7. The van der Waals surface area contributed by atoms with E-state index in [1.165, 1.54) is 8.61 Å². The summed E-state index contributed by atoms with van der Waals surface area (Å²) in [5, 5.41) is 0. The average Bonchev–Trinajstić information content (AvgIpc) is 2.47. The van der Waals surface area contributed by atoms with Gasteiger partial charge in [-0.05, 0) is 36.6 Å². The van der Waals surface area contributed by atoms with Gasteiger partial charge in [0.2, 0.25) is 0 Å². The molecule has 0 aromatic heterocycles. The second-order valence-electron chi connectivity index (χ2n) is 5.08. The first kappa shape index (κ1) is 13.7. The van der Waals surface area contributed by atoms with E-state index in [1.807, 2.05) is 12.1 Å². The van der Waals surface area contributed by atoms with Crippen molar-refractivity contribution in [2.75, 3.05) is 42.9 Å². The van der Waals surface area contributed by atoms with Gasteiger partial charge in [0.05, 0.1) is 18.9 Å². The molecule has 0 saturated carbocycles. The van der Waals surface area contributed by atoms with Crippen LogP contribution in [0.2, 0.25) is 0 Å². The number of nitrogen functional groups attached to an aromatic ring is 1. The lowest BCUT2D eigenvalue weighted by atomic mass is 10.0. The maximum absolute atomic E-state index is 12.8. The SMILES string of the molecule is Nc1ccc2c(c1)CCCN2S(=O)(=O)N1CCOCC1. The quantitative estimate of drug-likeness (QED) is 0.811. The first-order valence-corrected chi connectivity index (χ1v) is 8.23. The van der Waals surface area contributed by atoms with Crippen LogP contribution in [0.1, 0.15) is 12.0 Å². The van der Waals surface area contributed by atoms with Crippen molar-refractivity contribution < 1.29 is 13.2 Å². The topological polar surface area (TPSA) is 75.9 Å². The summed E-state index contributed by atoms with van der Waals surface area (Å²) in [6, 6.07) is 5.43. The van der Waals surface area contributed by atoms with E-state index in [9.17, 15) is 8.42 Å². The fourth-order valence-electron chi connectivity index (χ4n) is 2.74. The molecule has 20 heavy (non-hydrogen) atoms. The largest absolute Gasteiger partial charge is 0.399 e. The Morgan fingerprint density at radius 1 is 1.15 bits per heavy atom. The minimum atomic E-state index is -3.47. The Bertz CT molecular complexity index is 597. The minimum absolute atomic E-state index is 0.420. The van der Waals surface area contributed by atoms with Crippen LogP contribution in [0.3, 0.4) is 0 Å². The summed E-state index contributed by atoms with van der Waals surface area (Å²) >= 11 is 0. The predicted molar refractivity (Wildman–Crippen MR) is 77.8 cm³/mol. The standard InChI is InChI=1S/C13H19N3O3S/c14-12-3-4-13-11(10-12)2-1-5-16(13)20(17,18)15-6-8-19-9-7-15/h3-4,10H,1-2,5-9,14H2. The molecule has 2 heterocycles. The van der Waals surface area contributed by atoms with Crippen molar-refractivity contribution in [3.05, 3.63) is 23.8 Å². The lowest BCUT2D eigenvalue weighted by Crippen LogP contribution is -2.50. The number of aryl methyl sites for hydroxylation is 1. The highest BCUT2D eigenvalue weighted by Gasteiger charge is 2.33. The molecule has 0 amide bonds. The number of nitrogens with zero attached hydrogens (tertiary/aromatic N) is 2. The third-order valence-electron chi connectivity index (χ3n) is 3.75. The van der Waals surface area contributed by atoms with Gasteiger partial charge in [0.25, 0.3) is 0 Å². The smallest absolute Gasteiger partial charge is 0.304 e. The van der Waals surface area contributed by atoms with Crippen LogP contribution < -0.4 is 10.0 Å². The van der Waals surface area contributed by atoms with Gasteiger partial charge in [0.15, 0.2) is 0 Å². The van der Waals surface area contributed by atoms with Gasteiger partial charge in [-0.2, -0.15) is 12.7 Å². The lowest BCUT2D eigenvalue weighted by molar-refractivity contribution is 0.0729. The lowest BCUT2D eigenvalue weighted by Gasteiger charge is -2.36. The van der Waals surface area contributed by atoms with Gasteiger partial charge in [0.1, 0.15) is 0 Å². The summed E-state index contributed by atoms with van der Waals surface area (Å²) in [7, 11) is -3.47. The van der Waals surface area contributed by atoms with Gasteiger partial charge in [-0.1, -0.05) is 0 Å². The molecular weight excluding hydrogens is 278 g/mol. The van der Waals surface area contributed by atoms with Crippen LogP contribution in [0.15, 0.2) is 18.2 Å². The number of ether oxygens (including phenoxy) is 1. The Labute approximate surface area is 119 Å². The van der Waals surface area contributed by atoms with Crippen LogP contribution >= 0.6 is 0 Å². The highest BCUT2D eigenvalue weighted by molar-refractivity contribution is 7.90. The molecule has 1 fully saturated rings. The number of rotatable bonds is 2. The second-order valence-corrected chi connectivity index (χ2v) is 6.94. The van der Waals surface area contributed by atoms with Crippen LogP contribution in [-0.2, 0) is 21.4 Å². The molecule has 1 saturated heterocycles. The Kier molecular flexibility index (Phi) is 3.57. The van der Waals surface area contributed by atoms with Crippen LogP contribution in [0.4, 0.5) is 11.4 Å². The maximum atomic E-state index is 12.8. The molecule has 0 radical (unpaired) electrons. The van der Waals surface area contributed by atoms with Crippen molar-refractivity contribution in [2.24, 2.45) is 0 Å². The average molecular weight is 297 g/mol. The number of hydrogen-bond donors (Lipinski definition) is 1. The minimum Gasteiger partial charge on any atom is -0.399 e. The fourth-order valence-corrected chi connectivity index (χ4v) is 4.41. The van der Waals surface area contributed by atoms with Crippen LogP contribution in [0, 0.1) is 0 Å². The third-order valence-corrected chi connectivity index (χ3v) is 5.71. The molecule has 0 bridgehead atoms. The van der Waals surface area contributed by atoms with E-state index in [1.54, 1.807) is 6.07 Å². The molecule has 1 aromatic carbocycles. The van der Waals surface area contributed by atoms with E-state index < -0.39 is 10.2 Å². The van der Waals surface area contributed by atoms with E-state index >= 15 is 0 Å². The number of anilines is 2. The maximum Gasteiger partial charge on any atom is 0.304 e. The molecule has 6 nitrogen and oxygen atoms in total. The Morgan fingerprint density at radius 2 is 1.90 bits per heavy atom. The van der Waals surface area contributed by atoms with Gasteiger partial charge < -0.3 is 10.5 Å². The Balaban J connectivity index is 1.95. The second kappa shape index (κ2) is 5.23. The van der Waals surface area contributed by atoms with E-state index in [0.29, 0.717) is 38.5 Å². The van der Waals surface area contributed by atoms with Gasteiger partial charge in [-0.3, -0.25) is 4.31 Å². The molecule has 0 aliphatic carbocycles. The van der Waals surface area contributed by atoms with E-state index in [-0.39, 0.29) is 0 Å². The molecule has 1 aromatic rings. The zero-order valence-electron chi connectivity index (χ0n) is 11.3. The summed E-state index contributed by atoms with van der Waals surface area (Å²) in [6.07, 6.45) is 1.69. The highest BCUT2D eigenvalue weighted by atomic mass is 32.2. The normalized spacial score (nSPS) is 20.7. The van der Waals surface area contributed by atoms with Gasteiger partial charge in [0, 0.05) is 25.3 Å². The van der Waals surface area contributed by atoms with Crippen molar-refractivity contribution in [3.8, 4) is 0 Å². The predicted octanol–water partition coefficient (Wildman–Crippen LogP) is 0.598. The molecule has 110 valence electrons. The zero-order chi connectivity index (χ0) is 14.2. The van der Waals surface area contributed by atoms with E-state index in [4.69, 9.17) is 10.5 Å².